The van der Waals surface area contributed by atoms with Crippen LogP contribution in [0.2, 0.25) is 0 Å². The van der Waals surface area contributed by atoms with Gasteiger partial charge in [-0.15, -0.1) is 0 Å². The summed E-state index contributed by atoms with van der Waals surface area (Å²) in [5, 5.41) is 10.9. The van der Waals surface area contributed by atoms with Crippen LogP contribution in [0, 0.1) is 5.92 Å². The van der Waals surface area contributed by atoms with Gasteiger partial charge in [0.05, 0.1) is 19.3 Å². The molecule has 20 heavy (non-hydrogen) atoms. The summed E-state index contributed by atoms with van der Waals surface area (Å²) in [6, 6.07) is 10.1. The van der Waals surface area contributed by atoms with E-state index in [1.54, 1.807) is 0 Å². The van der Waals surface area contributed by atoms with E-state index in [2.05, 4.69) is 32.6 Å². The van der Waals surface area contributed by atoms with Gasteiger partial charge in [0, 0.05) is 18.1 Å². The van der Waals surface area contributed by atoms with Crippen LogP contribution in [0.15, 0.2) is 30.3 Å². The molecule has 1 aromatic carbocycles. The van der Waals surface area contributed by atoms with Crippen molar-refractivity contribution in [2.45, 2.75) is 45.4 Å². The second kappa shape index (κ2) is 6.25. The lowest BCUT2D eigenvalue weighted by Gasteiger charge is -2.49. The van der Waals surface area contributed by atoms with Crippen LogP contribution in [-0.4, -0.2) is 41.3 Å². The molecule has 0 saturated carbocycles. The number of aliphatic hydroxyl groups is 1. The average Bonchev–Trinajstić information content (AvgIpc) is 2.41. The molecule has 1 heterocycles. The highest BCUT2D eigenvalue weighted by Crippen LogP contribution is 2.32. The summed E-state index contributed by atoms with van der Waals surface area (Å²) in [7, 11) is 0. The second-order valence-corrected chi connectivity index (χ2v) is 6.65. The summed E-state index contributed by atoms with van der Waals surface area (Å²) in [4.78, 5) is 2.42. The Balaban J connectivity index is 2.27. The summed E-state index contributed by atoms with van der Waals surface area (Å²) in [6.07, 6.45) is -0.464. The number of aliphatic hydroxyl groups excluding tert-OH is 1. The monoisotopic (exact) mass is 277 g/mol. The van der Waals surface area contributed by atoms with Crippen LogP contribution in [0.5, 0.6) is 0 Å². The molecule has 1 aromatic rings. The second-order valence-electron chi connectivity index (χ2n) is 6.65. The van der Waals surface area contributed by atoms with Crippen molar-refractivity contribution in [2.24, 2.45) is 5.92 Å². The minimum absolute atomic E-state index is 0.0387. The van der Waals surface area contributed by atoms with Gasteiger partial charge < -0.3 is 9.84 Å². The summed E-state index contributed by atoms with van der Waals surface area (Å²) >= 11 is 0. The zero-order chi connectivity index (χ0) is 14.8. The molecule has 0 aliphatic carbocycles. The third kappa shape index (κ3) is 3.22. The maximum atomic E-state index is 10.9. The lowest BCUT2D eigenvalue weighted by molar-refractivity contribution is -0.108. The molecule has 2 atom stereocenters. The predicted octanol–water partition coefficient (Wildman–Crippen LogP) is 2.86. The van der Waals surface area contributed by atoms with Gasteiger partial charge in [-0.3, -0.25) is 4.90 Å². The first-order chi connectivity index (χ1) is 9.43. The number of hydrogen-bond acceptors (Lipinski definition) is 3. The lowest BCUT2D eigenvalue weighted by Crippen LogP contribution is -2.60. The van der Waals surface area contributed by atoms with Gasteiger partial charge in [0.1, 0.15) is 0 Å². The van der Waals surface area contributed by atoms with Crippen LogP contribution in [0.4, 0.5) is 0 Å². The van der Waals surface area contributed by atoms with E-state index in [-0.39, 0.29) is 11.6 Å². The third-order valence-electron chi connectivity index (χ3n) is 4.22. The van der Waals surface area contributed by atoms with Gasteiger partial charge in [0.15, 0.2) is 0 Å². The van der Waals surface area contributed by atoms with Crippen molar-refractivity contribution in [3.8, 4) is 0 Å². The maximum absolute atomic E-state index is 10.9. The lowest BCUT2D eigenvalue weighted by atomic mass is 9.87. The van der Waals surface area contributed by atoms with E-state index >= 15 is 0 Å². The minimum atomic E-state index is -0.464. The Bertz CT molecular complexity index is 416. The molecule has 2 rings (SSSR count). The highest BCUT2D eigenvalue weighted by molar-refractivity contribution is 5.19. The average molecular weight is 277 g/mol. The number of benzene rings is 1. The molecule has 0 radical (unpaired) electrons. The van der Waals surface area contributed by atoms with Gasteiger partial charge in [-0.25, -0.2) is 0 Å². The van der Waals surface area contributed by atoms with E-state index in [0.29, 0.717) is 5.92 Å². The Labute approximate surface area is 122 Å². The van der Waals surface area contributed by atoms with Crippen LogP contribution < -0.4 is 0 Å². The van der Waals surface area contributed by atoms with Crippen molar-refractivity contribution in [3.63, 3.8) is 0 Å². The molecule has 1 saturated heterocycles. The van der Waals surface area contributed by atoms with Gasteiger partial charge >= 0.3 is 0 Å². The summed E-state index contributed by atoms with van der Waals surface area (Å²) in [6.45, 7) is 11.1. The van der Waals surface area contributed by atoms with Crippen LogP contribution in [0.3, 0.4) is 0 Å². The molecule has 1 aliphatic rings. The summed E-state index contributed by atoms with van der Waals surface area (Å²) in [5.41, 5.74) is 0.955. The van der Waals surface area contributed by atoms with E-state index in [9.17, 15) is 5.11 Å². The molecule has 0 aromatic heterocycles. The molecule has 3 nitrogen and oxygen atoms in total. The highest BCUT2D eigenvalue weighted by Gasteiger charge is 2.40. The van der Waals surface area contributed by atoms with Crippen molar-refractivity contribution in [3.05, 3.63) is 35.9 Å². The van der Waals surface area contributed by atoms with E-state index in [1.807, 2.05) is 30.3 Å². The molecule has 0 spiro atoms. The fourth-order valence-corrected chi connectivity index (χ4v) is 3.17. The smallest absolute Gasteiger partial charge is 0.0947 e. The quantitative estimate of drug-likeness (QED) is 0.918. The van der Waals surface area contributed by atoms with Crippen molar-refractivity contribution in [2.75, 3.05) is 19.8 Å². The normalized spacial score (nSPS) is 22.7. The molecule has 1 aliphatic heterocycles. The van der Waals surface area contributed by atoms with Gasteiger partial charge in [-0.2, -0.15) is 0 Å². The maximum Gasteiger partial charge on any atom is 0.0947 e. The largest absolute Gasteiger partial charge is 0.387 e. The first kappa shape index (κ1) is 15.5. The Hall–Kier alpha value is -0.900. The van der Waals surface area contributed by atoms with Crippen LogP contribution in [-0.2, 0) is 4.74 Å². The van der Waals surface area contributed by atoms with Crippen LogP contribution >= 0.6 is 0 Å². The first-order valence-electron chi connectivity index (χ1n) is 7.51. The number of morpholine rings is 1. The highest BCUT2D eigenvalue weighted by atomic mass is 16.5. The fraction of sp³-hybridized carbons (Fsp3) is 0.647. The van der Waals surface area contributed by atoms with Crippen LogP contribution in [0.25, 0.3) is 0 Å². The van der Waals surface area contributed by atoms with Gasteiger partial charge in [-0.05, 0) is 25.3 Å². The molecule has 2 unspecified atom stereocenters. The zero-order valence-corrected chi connectivity index (χ0v) is 13.0. The van der Waals surface area contributed by atoms with Crippen molar-refractivity contribution in [1.82, 2.24) is 4.90 Å². The predicted molar refractivity (Wildman–Crippen MR) is 81.6 cm³/mol. The summed E-state index contributed by atoms with van der Waals surface area (Å²) in [5.74, 6) is 0.377. The molecule has 0 amide bonds. The molecule has 112 valence electrons. The third-order valence-corrected chi connectivity index (χ3v) is 4.22. The SMILES string of the molecule is CC(C)C(C(O)c1ccccc1)N1CCOCC1(C)C. The molecule has 1 fully saturated rings. The Morgan fingerprint density at radius 3 is 2.40 bits per heavy atom. The molecule has 1 N–H and O–H groups in total. The fourth-order valence-electron chi connectivity index (χ4n) is 3.17. The number of hydrogen-bond donors (Lipinski definition) is 1. The summed E-state index contributed by atoms with van der Waals surface area (Å²) < 4.78 is 5.61. The van der Waals surface area contributed by atoms with Gasteiger partial charge in [0.25, 0.3) is 0 Å². The Kier molecular flexibility index (Phi) is 4.84. The van der Waals surface area contributed by atoms with Gasteiger partial charge in [-0.1, -0.05) is 44.2 Å². The minimum Gasteiger partial charge on any atom is -0.387 e. The molecular formula is C17H27NO2. The molecule has 3 heteroatoms. The zero-order valence-electron chi connectivity index (χ0n) is 13.0. The van der Waals surface area contributed by atoms with E-state index in [4.69, 9.17) is 4.74 Å². The Morgan fingerprint density at radius 2 is 1.85 bits per heavy atom. The van der Waals surface area contributed by atoms with E-state index < -0.39 is 6.10 Å². The first-order valence-corrected chi connectivity index (χ1v) is 7.51. The number of rotatable bonds is 4. The van der Waals surface area contributed by atoms with Crippen LogP contribution in [0.1, 0.15) is 39.4 Å². The number of ether oxygens (including phenoxy) is 1. The van der Waals surface area contributed by atoms with E-state index in [0.717, 1.165) is 25.3 Å². The standard InChI is InChI=1S/C17H27NO2/c1-13(2)15(16(19)14-8-6-5-7-9-14)18-10-11-20-12-17(18,3)4/h5-9,13,15-16,19H,10-12H2,1-4H3. The Morgan fingerprint density at radius 1 is 1.20 bits per heavy atom. The molecular weight excluding hydrogens is 250 g/mol. The van der Waals surface area contributed by atoms with E-state index in [1.165, 1.54) is 0 Å². The topological polar surface area (TPSA) is 32.7 Å². The molecule has 0 bridgehead atoms. The van der Waals surface area contributed by atoms with Gasteiger partial charge in [0.2, 0.25) is 0 Å². The van der Waals surface area contributed by atoms with Crippen molar-refractivity contribution >= 4 is 0 Å². The van der Waals surface area contributed by atoms with Crippen molar-refractivity contribution in [1.29, 1.82) is 0 Å². The van der Waals surface area contributed by atoms with Crippen molar-refractivity contribution < 1.29 is 9.84 Å². The number of nitrogens with zero attached hydrogens (tertiary/aromatic N) is 1.